The lowest BCUT2D eigenvalue weighted by molar-refractivity contribution is 0.0954. The summed E-state index contributed by atoms with van der Waals surface area (Å²) in [5.74, 6) is -1.78. The molecule has 3 aromatic rings. The van der Waals surface area contributed by atoms with Crippen molar-refractivity contribution in [2.75, 3.05) is 11.3 Å². The summed E-state index contributed by atoms with van der Waals surface area (Å²) in [7, 11) is -3.82. The molecule has 0 saturated heterocycles. The molecule has 0 saturated carbocycles. The molecule has 0 heterocycles. The van der Waals surface area contributed by atoms with E-state index in [9.17, 15) is 22.0 Å². The Morgan fingerprint density at radius 3 is 2.35 bits per heavy atom. The van der Waals surface area contributed by atoms with E-state index in [0.717, 1.165) is 11.6 Å². The molecular formula is C23H22F2N2O3S. The van der Waals surface area contributed by atoms with E-state index in [1.807, 2.05) is 13.0 Å². The molecule has 8 heteroatoms. The number of aryl methyl sites for hydroxylation is 2. The largest absolute Gasteiger partial charge is 0.352 e. The number of sulfonamides is 1. The van der Waals surface area contributed by atoms with Crippen LogP contribution in [0.25, 0.3) is 0 Å². The molecular weight excluding hydrogens is 422 g/mol. The summed E-state index contributed by atoms with van der Waals surface area (Å²) in [5.41, 5.74) is 2.36. The van der Waals surface area contributed by atoms with E-state index in [1.165, 1.54) is 18.2 Å². The van der Waals surface area contributed by atoms with Gasteiger partial charge in [-0.1, -0.05) is 18.2 Å². The van der Waals surface area contributed by atoms with Crippen LogP contribution in [0.2, 0.25) is 0 Å². The Hall–Kier alpha value is -3.26. The molecule has 0 fully saturated rings. The monoisotopic (exact) mass is 444 g/mol. The Kier molecular flexibility index (Phi) is 6.70. The Morgan fingerprint density at radius 2 is 1.65 bits per heavy atom. The topological polar surface area (TPSA) is 75.3 Å². The second-order valence-electron chi connectivity index (χ2n) is 7.24. The smallest absolute Gasteiger partial charge is 0.262 e. The highest BCUT2D eigenvalue weighted by Crippen LogP contribution is 2.21. The number of halogens is 2. The normalized spacial score (nSPS) is 11.2. The van der Waals surface area contributed by atoms with Crippen LogP contribution < -0.4 is 10.0 Å². The molecule has 0 unspecified atom stereocenters. The molecule has 31 heavy (non-hydrogen) atoms. The zero-order valence-corrected chi connectivity index (χ0v) is 17.9. The van der Waals surface area contributed by atoms with E-state index in [1.54, 1.807) is 37.3 Å². The number of rotatable bonds is 7. The second-order valence-corrected chi connectivity index (χ2v) is 8.89. The predicted octanol–water partition coefficient (Wildman–Crippen LogP) is 4.35. The Balaban J connectivity index is 1.68. The maximum atomic E-state index is 13.2. The van der Waals surface area contributed by atoms with Gasteiger partial charge in [0.2, 0.25) is 0 Å². The molecule has 0 spiro atoms. The fraction of sp³-hybridized carbons (Fsp3) is 0.174. The number of amides is 1. The second kappa shape index (κ2) is 9.26. The van der Waals surface area contributed by atoms with Crippen LogP contribution in [0.3, 0.4) is 0 Å². The lowest BCUT2D eigenvalue weighted by atomic mass is 10.1. The van der Waals surface area contributed by atoms with Gasteiger partial charge in [0.1, 0.15) is 11.6 Å². The summed E-state index contributed by atoms with van der Waals surface area (Å²) in [6, 6.07) is 14.4. The highest BCUT2D eigenvalue weighted by molar-refractivity contribution is 7.92. The van der Waals surface area contributed by atoms with E-state index in [0.29, 0.717) is 11.1 Å². The van der Waals surface area contributed by atoms with Gasteiger partial charge in [-0.2, -0.15) is 0 Å². The van der Waals surface area contributed by atoms with Crippen molar-refractivity contribution >= 4 is 21.6 Å². The number of hydrogen-bond donors (Lipinski definition) is 2. The molecule has 162 valence electrons. The number of anilines is 1. The molecule has 0 aliphatic heterocycles. The lowest BCUT2D eigenvalue weighted by Gasteiger charge is -2.12. The van der Waals surface area contributed by atoms with Crippen LogP contribution >= 0.6 is 0 Å². The van der Waals surface area contributed by atoms with Gasteiger partial charge in [0.05, 0.1) is 4.90 Å². The Bertz CT molecular complexity index is 1210. The zero-order chi connectivity index (χ0) is 22.6. The maximum absolute atomic E-state index is 13.2. The average Bonchev–Trinajstić information content (AvgIpc) is 2.69. The first kappa shape index (κ1) is 22.4. The van der Waals surface area contributed by atoms with Crippen molar-refractivity contribution in [3.63, 3.8) is 0 Å². The lowest BCUT2D eigenvalue weighted by Crippen LogP contribution is -2.26. The molecule has 0 bridgehead atoms. The molecule has 5 nitrogen and oxygen atoms in total. The molecule has 0 radical (unpaired) electrons. The Labute approximate surface area is 180 Å². The maximum Gasteiger partial charge on any atom is 0.262 e. The molecule has 3 aromatic carbocycles. The molecule has 0 atom stereocenters. The van der Waals surface area contributed by atoms with E-state index in [4.69, 9.17) is 0 Å². The molecule has 1 amide bonds. The van der Waals surface area contributed by atoms with Gasteiger partial charge in [0.25, 0.3) is 15.9 Å². The minimum atomic E-state index is -3.82. The first-order valence-corrected chi connectivity index (χ1v) is 11.1. The average molecular weight is 445 g/mol. The summed E-state index contributed by atoms with van der Waals surface area (Å²) < 4.78 is 54.5. The molecule has 0 aliphatic carbocycles. The van der Waals surface area contributed by atoms with Crippen LogP contribution in [0.5, 0.6) is 0 Å². The summed E-state index contributed by atoms with van der Waals surface area (Å²) in [5, 5.41) is 2.66. The minimum absolute atomic E-state index is 0.167. The molecule has 3 rings (SSSR count). The van der Waals surface area contributed by atoms with Crippen molar-refractivity contribution in [1.82, 2.24) is 5.32 Å². The Morgan fingerprint density at radius 1 is 0.935 bits per heavy atom. The summed E-state index contributed by atoms with van der Waals surface area (Å²) >= 11 is 0. The third-order valence-corrected chi connectivity index (χ3v) is 6.16. The molecule has 0 aliphatic rings. The van der Waals surface area contributed by atoms with Crippen molar-refractivity contribution < 1.29 is 22.0 Å². The van der Waals surface area contributed by atoms with Crippen molar-refractivity contribution in [1.29, 1.82) is 0 Å². The van der Waals surface area contributed by atoms with Crippen LogP contribution in [0.1, 0.15) is 27.0 Å². The SMILES string of the molecule is Cc1ccc(C)c(S(=O)(=O)Nc2cccc(C(=O)NCCc3cc(F)cc(F)c3)c2)c1. The van der Waals surface area contributed by atoms with Crippen LogP contribution in [0.15, 0.2) is 65.6 Å². The van der Waals surface area contributed by atoms with Gasteiger partial charge in [-0.25, -0.2) is 17.2 Å². The van der Waals surface area contributed by atoms with Crippen LogP contribution in [0, 0.1) is 25.5 Å². The number of hydrogen-bond acceptors (Lipinski definition) is 3. The van der Waals surface area contributed by atoms with E-state index in [-0.39, 0.29) is 29.1 Å². The summed E-state index contributed by atoms with van der Waals surface area (Å²) in [6.45, 7) is 3.68. The highest BCUT2D eigenvalue weighted by atomic mass is 32.2. The van der Waals surface area contributed by atoms with Gasteiger partial charge in [-0.05, 0) is 73.4 Å². The fourth-order valence-corrected chi connectivity index (χ4v) is 4.49. The number of nitrogens with one attached hydrogen (secondary N) is 2. The number of carbonyl (C=O) groups is 1. The first-order chi connectivity index (χ1) is 14.6. The van der Waals surface area contributed by atoms with E-state index in [2.05, 4.69) is 10.0 Å². The minimum Gasteiger partial charge on any atom is -0.352 e. The van der Waals surface area contributed by atoms with Crippen molar-refractivity contribution in [2.45, 2.75) is 25.2 Å². The van der Waals surface area contributed by atoms with Crippen LogP contribution in [0.4, 0.5) is 14.5 Å². The van der Waals surface area contributed by atoms with E-state index >= 15 is 0 Å². The standard InChI is InChI=1S/C23H22F2N2O3S/c1-15-6-7-16(2)22(10-15)31(29,30)27-21-5-3-4-18(13-21)23(28)26-9-8-17-11-19(24)14-20(25)12-17/h3-7,10-14,27H,8-9H2,1-2H3,(H,26,28). The summed E-state index contributed by atoms with van der Waals surface area (Å²) in [4.78, 5) is 12.6. The highest BCUT2D eigenvalue weighted by Gasteiger charge is 2.18. The van der Waals surface area contributed by atoms with E-state index < -0.39 is 27.6 Å². The van der Waals surface area contributed by atoms with Crippen molar-refractivity contribution in [3.8, 4) is 0 Å². The predicted molar refractivity (Wildman–Crippen MR) is 116 cm³/mol. The van der Waals surface area contributed by atoms with Gasteiger partial charge < -0.3 is 5.32 Å². The van der Waals surface area contributed by atoms with Gasteiger partial charge in [-0.3, -0.25) is 9.52 Å². The first-order valence-electron chi connectivity index (χ1n) is 9.57. The third kappa shape index (κ3) is 5.88. The quantitative estimate of drug-likeness (QED) is 0.569. The van der Waals surface area contributed by atoms with Crippen molar-refractivity contribution in [3.05, 3.63) is 94.6 Å². The van der Waals surface area contributed by atoms with Crippen LogP contribution in [-0.2, 0) is 16.4 Å². The summed E-state index contributed by atoms with van der Waals surface area (Å²) in [6.07, 6.45) is 0.249. The molecule has 2 N–H and O–H groups in total. The number of carbonyl (C=O) groups excluding carboxylic acids is 1. The van der Waals surface area contributed by atoms with Gasteiger partial charge in [0.15, 0.2) is 0 Å². The van der Waals surface area contributed by atoms with Gasteiger partial charge in [-0.15, -0.1) is 0 Å². The van der Waals surface area contributed by atoms with Crippen molar-refractivity contribution in [2.24, 2.45) is 0 Å². The molecule has 0 aromatic heterocycles. The third-order valence-electron chi connectivity index (χ3n) is 4.63. The van der Waals surface area contributed by atoms with Gasteiger partial charge >= 0.3 is 0 Å². The van der Waals surface area contributed by atoms with Gasteiger partial charge in [0, 0.05) is 23.9 Å². The zero-order valence-electron chi connectivity index (χ0n) is 17.1. The number of benzene rings is 3. The fourth-order valence-electron chi connectivity index (χ4n) is 3.11. The van der Waals surface area contributed by atoms with Crippen LogP contribution in [-0.4, -0.2) is 20.9 Å².